The third kappa shape index (κ3) is 6.50. The Morgan fingerprint density at radius 1 is 1.02 bits per heavy atom. The van der Waals surface area contributed by atoms with E-state index in [1.807, 2.05) is 28.2 Å². The van der Waals surface area contributed by atoms with Gasteiger partial charge in [-0.15, -0.1) is 0 Å². The lowest BCUT2D eigenvalue weighted by molar-refractivity contribution is -0.133. The maximum Gasteiger partial charge on any atom is 0.245 e. The number of hydrogen-bond acceptors (Lipinski definition) is 12. The summed E-state index contributed by atoms with van der Waals surface area (Å²) in [5, 5.41) is 18.0. The summed E-state index contributed by atoms with van der Waals surface area (Å²) in [5.74, 6) is -0.828. The molecule has 18 heteroatoms. The van der Waals surface area contributed by atoms with E-state index in [4.69, 9.17) is 19.7 Å². The normalized spacial score (nSPS) is 21.2. The summed E-state index contributed by atoms with van der Waals surface area (Å²) in [6, 6.07) is 8.98. The average molecular weight is 778 g/mol. The summed E-state index contributed by atoms with van der Waals surface area (Å²) in [6.07, 6.45) is 3.59. The number of halogens is 3. The highest BCUT2D eigenvalue weighted by Crippen LogP contribution is 2.37. The van der Waals surface area contributed by atoms with Crippen molar-refractivity contribution in [1.29, 1.82) is 5.26 Å². The van der Waals surface area contributed by atoms with Crippen LogP contribution in [0, 0.1) is 41.6 Å². The van der Waals surface area contributed by atoms with Crippen molar-refractivity contribution in [3.63, 3.8) is 0 Å². The molecule has 9 rings (SSSR count). The van der Waals surface area contributed by atoms with Crippen LogP contribution in [0.3, 0.4) is 0 Å². The third-order valence-electron chi connectivity index (χ3n) is 11.0. The van der Waals surface area contributed by atoms with Crippen molar-refractivity contribution < 1.29 is 22.7 Å². The molecule has 3 aliphatic heterocycles. The lowest BCUT2D eigenvalue weighted by Gasteiger charge is -2.31. The Morgan fingerprint density at radius 3 is 2.67 bits per heavy atom. The Balaban J connectivity index is 1.18. The van der Waals surface area contributed by atoms with Crippen LogP contribution in [0.25, 0.3) is 39.0 Å². The molecule has 4 aromatic heterocycles. The van der Waals surface area contributed by atoms with E-state index in [1.54, 1.807) is 24.2 Å². The minimum atomic E-state index is -0.830. The number of fused-ring (bicyclic) bond motifs is 6. The first kappa shape index (κ1) is 36.3. The van der Waals surface area contributed by atoms with Crippen LogP contribution in [0.1, 0.15) is 25.6 Å². The number of aryl methyl sites for hydroxylation is 1. The van der Waals surface area contributed by atoms with Crippen LogP contribution < -0.4 is 15.1 Å². The number of benzene rings is 2. The van der Waals surface area contributed by atoms with Gasteiger partial charge in [-0.25, -0.2) is 32.8 Å². The fourth-order valence-electron chi connectivity index (χ4n) is 8.31. The van der Waals surface area contributed by atoms with E-state index in [-0.39, 0.29) is 54.2 Å². The first-order chi connectivity index (χ1) is 27.6. The predicted octanol–water partition coefficient (Wildman–Crippen LogP) is 4.63. The number of anilines is 3. The van der Waals surface area contributed by atoms with E-state index in [1.165, 1.54) is 29.1 Å². The number of nitriles is 1. The van der Waals surface area contributed by atoms with Gasteiger partial charge in [0.15, 0.2) is 11.5 Å². The topological polar surface area (TPSA) is 159 Å². The van der Waals surface area contributed by atoms with Gasteiger partial charge in [0, 0.05) is 69.8 Å². The summed E-state index contributed by atoms with van der Waals surface area (Å²) in [7, 11) is 1.74. The lowest BCUT2D eigenvalue weighted by Crippen LogP contribution is -2.47. The molecule has 0 aliphatic carbocycles. The molecule has 3 aliphatic rings. The molecule has 57 heavy (non-hydrogen) atoms. The van der Waals surface area contributed by atoms with Crippen molar-refractivity contribution >= 4 is 45.7 Å². The number of hydrogen-bond donors (Lipinski definition) is 1. The fourth-order valence-corrected chi connectivity index (χ4v) is 8.31. The van der Waals surface area contributed by atoms with Crippen molar-refractivity contribution in [3.05, 3.63) is 72.1 Å². The Morgan fingerprint density at radius 2 is 1.88 bits per heavy atom. The van der Waals surface area contributed by atoms with Crippen LogP contribution in [0.5, 0.6) is 0 Å². The fraction of sp³-hybridized carbons (Fsp3) is 0.385. The van der Waals surface area contributed by atoms with E-state index in [0.29, 0.717) is 78.4 Å². The van der Waals surface area contributed by atoms with Gasteiger partial charge in [0.05, 0.1) is 52.9 Å². The van der Waals surface area contributed by atoms with Crippen LogP contribution >= 0.6 is 0 Å². The molecule has 0 unspecified atom stereocenters. The summed E-state index contributed by atoms with van der Waals surface area (Å²) < 4.78 is 53.9. The van der Waals surface area contributed by atoms with Crippen LogP contribution in [0.4, 0.5) is 30.9 Å². The molecule has 2 aromatic carbocycles. The SMILES string of the molecule is CCO[C@H]1CN(C)C(=O)[C@@H]2C[C@@H](CN2c2nc(N3CC[C@H](C#N)C3)nc3c2cnn3-c2ccc(F)cc2F)Nc2nccc(n2)-c2cc(F)cc3nc(C)n(c23)C1. The van der Waals surface area contributed by atoms with E-state index in [9.17, 15) is 14.4 Å². The van der Waals surface area contributed by atoms with Crippen LogP contribution in [-0.4, -0.2) is 108 Å². The van der Waals surface area contributed by atoms with Gasteiger partial charge in [-0.1, -0.05) is 0 Å². The number of aromatic nitrogens is 8. The van der Waals surface area contributed by atoms with Crippen molar-refractivity contribution in [2.75, 3.05) is 55.0 Å². The first-order valence-corrected chi connectivity index (χ1v) is 18.8. The molecule has 0 radical (unpaired) electrons. The van der Waals surface area contributed by atoms with E-state index >= 15 is 8.78 Å². The quantitative estimate of drug-likeness (QED) is 0.259. The number of nitrogens with zero attached hydrogens (tertiary/aromatic N) is 12. The smallest absolute Gasteiger partial charge is 0.245 e. The maximum atomic E-state index is 15.3. The van der Waals surface area contributed by atoms with Crippen molar-refractivity contribution in [1.82, 2.24) is 44.2 Å². The molecule has 4 atom stereocenters. The molecule has 4 bridgehead atoms. The Labute approximate surface area is 324 Å². The van der Waals surface area contributed by atoms with Crippen LogP contribution in [0.2, 0.25) is 0 Å². The predicted molar refractivity (Wildman–Crippen MR) is 204 cm³/mol. The molecule has 2 fully saturated rings. The molecule has 0 spiro atoms. The zero-order valence-corrected chi connectivity index (χ0v) is 31.4. The molecule has 1 N–H and O–H groups in total. The Kier molecular flexibility index (Phi) is 9.11. The molecule has 7 heterocycles. The minimum absolute atomic E-state index is 0.0149. The molecule has 15 nitrogen and oxygen atoms in total. The van der Waals surface area contributed by atoms with E-state index < -0.39 is 29.6 Å². The Hall–Kier alpha value is -6.35. The zero-order valence-electron chi connectivity index (χ0n) is 31.4. The van der Waals surface area contributed by atoms with Gasteiger partial charge in [-0.3, -0.25) is 4.79 Å². The number of imidazole rings is 1. The minimum Gasteiger partial charge on any atom is -0.375 e. The van der Waals surface area contributed by atoms with Gasteiger partial charge in [0.1, 0.15) is 35.0 Å². The number of rotatable bonds is 5. The summed E-state index contributed by atoms with van der Waals surface area (Å²) in [4.78, 5) is 44.1. The second-order valence-corrected chi connectivity index (χ2v) is 14.7. The summed E-state index contributed by atoms with van der Waals surface area (Å²) in [5.41, 5.74) is 2.45. The number of likely N-dealkylation sites (N-methyl/N-ethyl adjacent to an activating group) is 1. The highest BCUT2D eigenvalue weighted by Gasteiger charge is 2.42. The number of ether oxygens (including phenoxy) is 1. The standard InChI is InChI=1S/C39H38F3N13O2/c1-4-57-26-19-51(3)37(56)33-14-25(47-38-44-9-7-30(48-38)27-11-24(41)13-31-34(27)53(20-26)21(2)46-31)18-54(33)35-28-16-45-55(32-6-5-23(40)12-29(32)42)36(28)50-39(49-35)52-10-8-22(15-43)17-52/h5-7,9,11-13,16,22,25-26,33H,4,8,10,14,17-20H2,1-3H3,(H,44,47,48)/t22-,25+,26+,33+/m1/s1. The Bertz CT molecular complexity index is 2590. The van der Waals surface area contributed by atoms with Crippen LogP contribution in [-0.2, 0) is 16.1 Å². The number of amides is 1. The molecule has 292 valence electrons. The maximum absolute atomic E-state index is 15.3. The molecule has 1 amide bonds. The van der Waals surface area contributed by atoms with Crippen molar-refractivity contribution in [2.24, 2.45) is 5.92 Å². The molecular weight excluding hydrogens is 740 g/mol. The van der Waals surface area contributed by atoms with Gasteiger partial charge in [0.2, 0.25) is 17.8 Å². The third-order valence-corrected chi connectivity index (χ3v) is 11.0. The lowest BCUT2D eigenvalue weighted by atomic mass is 10.1. The first-order valence-electron chi connectivity index (χ1n) is 18.8. The van der Waals surface area contributed by atoms with Gasteiger partial charge in [0.25, 0.3) is 0 Å². The number of nitrogens with one attached hydrogen (secondary N) is 1. The largest absolute Gasteiger partial charge is 0.375 e. The van der Waals surface area contributed by atoms with Gasteiger partial charge < -0.3 is 29.3 Å². The van der Waals surface area contributed by atoms with E-state index in [0.717, 1.165) is 12.1 Å². The van der Waals surface area contributed by atoms with Gasteiger partial charge in [-0.05, 0) is 51.0 Å². The second-order valence-electron chi connectivity index (χ2n) is 14.7. The zero-order chi connectivity index (χ0) is 39.5. The number of carbonyl (C=O) groups excluding carboxylic acids is 1. The molecule has 6 aromatic rings. The van der Waals surface area contributed by atoms with Gasteiger partial charge in [-0.2, -0.15) is 20.3 Å². The average Bonchev–Trinajstić information content (AvgIpc) is 3.99. The van der Waals surface area contributed by atoms with Crippen molar-refractivity contribution in [3.8, 4) is 23.0 Å². The summed E-state index contributed by atoms with van der Waals surface area (Å²) in [6.45, 7) is 5.86. The monoisotopic (exact) mass is 777 g/mol. The molecule has 0 saturated carbocycles. The van der Waals surface area contributed by atoms with Gasteiger partial charge >= 0.3 is 0 Å². The molecular formula is C39H38F3N13O2. The highest BCUT2D eigenvalue weighted by atomic mass is 19.1. The second kappa shape index (κ2) is 14.3. The summed E-state index contributed by atoms with van der Waals surface area (Å²) >= 11 is 0. The van der Waals surface area contributed by atoms with Crippen molar-refractivity contribution in [2.45, 2.75) is 51.4 Å². The van der Waals surface area contributed by atoms with E-state index in [2.05, 4.69) is 26.5 Å². The highest BCUT2D eigenvalue weighted by molar-refractivity contribution is 5.94. The molecule has 2 saturated heterocycles. The van der Waals surface area contributed by atoms with Crippen LogP contribution in [0.15, 0.2) is 48.8 Å². The number of carbonyl (C=O) groups is 1.